The second-order valence-electron chi connectivity index (χ2n) is 8.89. The molecule has 0 aromatic heterocycles. The zero-order valence-electron chi connectivity index (χ0n) is 19.1. The van der Waals surface area contributed by atoms with Crippen LogP contribution in [0.2, 0.25) is 0 Å². The van der Waals surface area contributed by atoms with Crippen molar-refractivity contribution in [3.8, 4) is 11.5 Å². The zero-order valence-corrected chi connectivity index (χ0v) is 20.7. The first-order valence-corrected chi connectivity index (χ1v) is 12.3. The number of Topliss-reactive ketones (excluding diaryl/α,β-unsaturated/α-hetero) is 1. The number of phenolic OH excluding ortho intramolecular Hbond substituents is 1. The molecule has 6 heteroatoms. The molecule has 3 aromatic carbocycles. The lowest BCUT2D eigenvalue weighted by Gasteiger charge is -2.35. The first kappa shape index (κ1) is 22.8. The minimum atomic E-state index is -0.141. The number of hydrogen-bond donors (Lipinski definition) is 1. The van der Waals surface area contributed by atoms with E-state index in [1.165, 1.54) is 5.56 Å². The van der Waals surface area contributed by atoms with Crippen molar-refractivity contribution in [2.45, 2.75) is 20.0 Å². The molecule has 0 amide bonds. The highest BCUT2D eigenvalue weighted by atomic mass is 79.9. The number of halogens is 1. The SMILES string of the molecule is Cc1cc(O)c(CN2CCN(Cc3ccccc3)CC2)c2c1C(=O)/C(=C/c1ccccc1Br)O2. The molecule has 5 nitrogen and oxygen atoms in total. The van der Waals surface area contributed by atoms with Gasteiger partial charge in [-0.2, -0.15) is 0 Å². The number of carbonyl (C=O) groups is 1. The quantitative estimate of drug-likeness (QED) is 0.458. The Morgan fingerprint density at radius 2 is 1.62 bits per heavy atom. The lowest BCUT2D eigenvalue weighted by Crippen LogP contribution is -2.45. The molecular weight excluding hydrogens is 492 g/mol. The molecule has 0 atom stereocenters. The summed E-state index contributed by atoms with van der Waals surface area (Å²) in [4.78, 5) is 18.0. The van der Waals surface area contributed by atoms with E-state index in [2.05, 4.69) is 50.0 Å². The van der Waals surface area contributed by atoms with Crippen molar-refractivity contribution in [2.75, 3.05) is 26.2 Å². The first-order valence-electron chi connectivity index (χ1n) is 11.5. The Labute approximate surface area is 208 Å². The van der Waals surface area contributed by atoms with E-state index in [0.717, 1.165) is 48.3 Å². The van der Waals surface area contributed by atoms with Crippen LogP contribution in [0.25, 0.3) is 6.08 Å². The maximum atomic E-state index is 13.2. The minimum absolute atomic E-state index is 0.141. The van der Waals surface area contributed by atoms with Crippen LogP contribution in [0.5, 0.6) is 11.5 Å². The number of fused-ring (bicyclic) bond motifs is 1. The van der Waals surface area contributed by atoms with Crippen LogP contribution in [-0.2, 0) is 13.1 Å². The average Bonchev–Trinajstić information content (AvgIpc) is 3.16. The highest BCUT2D eigenvalue weighted by Crippen LogP contribution is 2.42. The third kappa shape index (κ3) is 4.67. The smallest absolute Gasteiger partial charge is 0.232 e. The molecule has 3 aromatic rings. The highest BCUT2D eigenvalue weighted by Gasteiger charge is 2.34. The molecule has 174 valence electrons. The Morgan fingerprint density at radius 3 is 2.32 bits per heavy atom. The summed E-state index contributed by atoms with van der Waals surface area (Å²) in [7, 11) is 0. The van der Waals surface area contributed by atoms with E-state index in [1.807, 2.05) is 37.3 Å². The Balaban J connectivity index is 1.33. The summed E-state index contributed by atoms with van der Waals surface area (Å²) in [6.07, 6.45) is 1.76. The number of ketones is 1. The van der Waals surface area contributed by atoms with Crippen LogP contribution in [0.1, 0.15) is 32.6 Å². The second kappa shape index (κ2) is 9.74. The van der Waals surface area contributed by atoms with Gasteiger partial charge < -0.3 is 9.84 Å². The summed E-state index contributed by atoms with van der Waals surface area (Å²) < 4.78 is 7.00. The predicted molar refractivity (Wildman–Crippen MR) is 137 cm³/mol. The summed E-state index contributed by atoms with van der Waals surface area (Å²) in [5.41, 5.74) is 4.15. The number of phenols is 1. The van der Waals surface area contributed by atoms with Gasteiger partial charge in [0.2, 0.25) is 5.78 Å². The molecule has 1 fully saturated rings. The van der Waals surface area contributed by atoms with Crippen molar-refractivity contribution >= 4 is 27.8 Å². The van der Waals surface area contributed by atoms with E-state index >= 15 is 0 Å². The molecule has 0 spiro atoms. The largest absolute Gasteiger partial charge is 0.507 e. The van der Waals surface area contributed by atoms with E-state index in [4.69, 9.17) is 4.74 Å². The van der Waals surface area contributed by atoms with Gasteiger partial charge >= 0.3 is 0 Å². The topological polar surface area (TPSA) is 53.0 Å². The molecule has 1 N–H and O–H groups in total. The van der Waals surface area contributed by atoms with Crippen molar-refractivity contribution in [3.63, 3.8) is 0 Å². The lowest BCUT2D eigenvalue weighted by atomic mass is 9.99. The number of rotatable bonds is 5. The molecule has 5 rings (SSSR count). The minimum Gasteiger partial charge on any atom is -0.507 e. The van der Waals surface area contributed by atoms with E-state index in [-0.39, 0.29) is 17.3 Å². The Kier molecular flexibility index (Phi) is 6.55. The molecule has 0 aliphatic carbocycles. The fourth-order valence-electron chi connectivity index (χ4n) is 4.64. The molecule has 2 aliphatic rings. The summed E-state index contributed by atoms with van der Waals surface area (Å²) in [5, 5.41) is 10.8. The Hall–Kier alpha value is -2.93. The first-order chi connectivity index (χ1) is 16.5. The molecule has 1 saturated heterocycles. The van der Waals surface area contributed by atoms with Crippen molar-refractivity contribution in [3.05, 3.63) is 98.7 Å². The van der Waals surface area contributed by atoms with Crippen LogP contribution in [0.15, 0.2) is 70.9 Å². The van der Waals surface area contributed by atoms with E-state index in [9.17, 15) is 9.90 Å². The van der Waals surface area contributed by atoms with Crippen molar-refractivity contribution in [2.24, 2.45) is 0 Å². The van der Waals surface area contributed by atoms with Gasteiger partial charge in [0, 0.05) is 43.7 Å². The zero-order chi connectivity index (χ0) is 23.7. The molecule has 0 unspecified atom stereocenters. The van der Waals surface area contributed by atoms with Crippen molar-refractivity contribution in [1.29, 1.82) is 0 Å². The number of nitrogens with zero attached hydrogens (tertiary/aromatic N) is 2. The number of hydrogen-bond acceptors (Lipinski definition) is 5. The van der Waals surface area contributed by atoms with Gasteiger partial charge in [0.25, 0.3) is 0 Å². The van der Waals surface area contributed by atoms with Gasteiger partial charge in [0.15, 0.2) is 5.76 Å². The van der Waals surface area contributed by atoms with Crippen LogP contribution in [0.4, 0.5) is 0 Å². The number of carbonyl (C=O) groups excluding carboxylic acids is 1. The molecule has 2 heterocycles. The van der Waals surface area contributed by atoms with Crippen molar-refractivity contribution < 1.29 is 14.6 Å². The number of aromatic hydroxyl groups is 1. The monoisotopic (exact) mass is 518 g/mol. The summed E-state index contributed by atoms with van der Waals surface area (Å²) in [5.74, 6) is 0.812. The summed E-state index contributed by atoms with van der Waals surface area (Å²) in [6, 6.07) is 19.9. The predicted octanol–water partition coefficient (Wildman–Crippen LogP) is 5.40. The van der Waals surface area contributed by atoms with Crippen LogP contribution >= 0.6 is 15.9 Å². The number of allylic oxidation sites excluding steroid dienone is 1. The molecule has 0 bridgehead atoms. The van der Waals surface area contributed by atoms with Crippen molar-refractivity contribution in [1.82, 2.24) is 9.80 Å². The fourth-order valence-corrected chi connectivity index (χ4v) is 5.04. The third-order valence-corrected chi connectivity index (χ3v) is 7.23. The van der Waals surface area contributed by atoms with Gasteiger partial charge in [0.1, 0.15) is 11.5 Å². The molecule has 34 heavy (non-hydrogen) atoms. The highest BCUT2D eigenvalue weighted by molar-refractivity contribution is 9.10. The fraction of sp³-hybridized carbons (Fsp3) is 0.250. The summed E-state index contributed by atoms with van der Waals surface area (Å²) >= 11 is 3.53. The lowest BCUT2D eigenvalue weighted by molar-refractivity contribution is 0.101. The van der Waals surface area contributed by atoms with Crippen LogP contribution < -0.4 is 4.74 Å². The maximum Gasteiger partial charge on any atom is 0.232 e. The van der Waals surface area contributed by atoms with Gasteiger partial charge in [-0.1, -0.05) is 64.5 Å². The normalized spacial score (nSPS) is 17.7. The van der Waals surface area contributed by atoms with Gasteiger partial charge in [0.05, 0.1) is 11.1 Å². The maximum absolute atomic E-state index is 13.2. The van der Waals surface area contributed by atoms with Gasteiger partial charge in [-0.05, 0) is 41.8 Å². The van der Waals surface area contributed by atoms with Gasteiger partial charge in [-0.25, -0.2) is 0 Å². The van der Waals surface area contributed by atoms with E-state index in [1.54, 1.807) is 12.1 Å². The van der Waals surface area contributed by atoms with Crippen LogP contribution in [0.3, 0.4) is 0 Å². The van der Waals surface area contributed by atoms with Gasteiger partial charge in [-0.15, -0.1) is 0 Å². The molecule has 0 saturated carbocycles. The van der Waals surface area contributed by atoms with E-state index in [0.29, 0.717) is 23.4 Å². The standard InChI is InChI=1S/C28H27BrN2O3/c1-19-15-24(32)22(18-31-13-11-30(12-14-31)17-20-7-3-2-4-8-20)28-26(19)27(33)25(34-28)16-21-9-5-6-10-23(21)29/h2-10,15-16,32H,11-14,17-18H2,1H3/b25-16-. The second-order valence-corrected chi connectivity index (χ2v) is 9.75. The molecule has 2 aliphatic heterocycles. The van der Waals surface area contributed by atoms with Gasteiger partial charge in [-0.3, -0.25) is 14.6 Å². The summed E-state index contributed by atoms with van der Waals surface area (Å²) in [6.45, 7) is 7.02. The Morgan fingerprint density at radius 1 is 0.971 bits per heavy atom. The Bertz CT molecular complexity index is 1250. The number of ether oxygens (including phenoxy) is 1. The van der Waals surface area contributed by atoms with Crippen LogP contribution in [-0.4, -0.2) is 46.9 Å². The van der Waals surface area contributed by atoms with Crippen LogP contribution in [0, 0.1) is 6.92 Å². The molecule has 0 radical (unpaired) electrons. The number of aryl methyl sites for hydroxylation is 1. The molecular formula is C28H27BrN2O3. The number of piperazine rings is 1. The third-order valence-electron chi connectivity index (χ3n) is 6.51. The van der Waals surface area contributed by atoms with E-state index < -0.39 is 0 Å². The average molecular weight is 519 g/mol. The number of benzene rings is 3.